The van der Waals surface area contributed by atoms with Crippen LogP contribution in [0.5, 0.6) is 0 Å². The number of amides is 1. The quantitative estimate of drug-likeness (QED) is 0.578. The number of benzene rings is 1. The van der Waals surface area contributed by atoms with Crippen molar-refractivity contribution in [3.8, 4) is 0 Å². The van der Waals surface area contributed by atoms with Crippen LogP contribution in [-0.2, 0) is 4.79 Å². The van der Waals surface area contributed by atoms with Gasteiger partial charge in [-0.25, -0.2) is 0 Å². The Hall–Kier alpha value is -1.95. The molecule has 2 aliphatic rings. The second-order valence-electron chi connectivity index (χ2n) is 5.38. The molecule has 6 heteroatoms. The van der Waals surface area contributed by atoms with Gasteiger partial charge in [-0.3, -0.25) is 10.2 Å². The third kappa shape index (κ3) is 3.21. The lowest BCUT2D eigenvalue weighted by Crippen LogP contribution is -2.41. The predicted molar refractivity (Wildman–Crippen MR) is 87.4 cm³/mol. The molecular formula is C15H18N4OS. The van der Waals surface area contributed by atoms with Gasteiger partial charge in [0.05, 0.1) is 5.69 Å². The Morgan fingerprint density at radius 1 is 1.24 bits per heavy atom. The molecule has 21 heavy (non-hydrogen) atoms. The average Bonchev–Trinajstić information content (AvgIpc) is 2.81. The highest BCUT2D eigenvalue weighted by Crippen LogP contribution is 2.22. The lowest BCUT2D eigenvalue weighted by molar-refractivity contribution is -0.110. The number of nitrogens with zero attached hydrogens (tertiary/aromatic N) is 1. The van der Waals surface area contributed by atoms with Crippen LogP contribution in [0.25, 0.3) is 0 Å². The number of fused-ring (bicyclic) bond motifs is 1. The van der Waals surface area contributed by atoms with Gasteiger partial charge in [-0.05, 0) is 31.1 Å². The van der Waals surface area contributed by atoms with Crippen LogP contribution in [-0.4, -0.2) is 22.8 Å². The summed E-state index contributed by atoms with van der Waals surface area (Å²) in [6, 6.07) is 7.90. The first-order valence-corrected chi connectivity index (χ1v) is 7.70. The fraction of sp³-hybridized carbons (Fsp3) is 0.400. The number of nitrogens with one attached hydrogen (secondary N) is 3. The third-order valence-electron chi connectivity index (χ3n) is 3.86. The maximum atomic E-state index is 11.9. The van der Waals surface area contributed by atoms with E-state index in [1.165, 1.54) is 19.3 Å². The van der Waals surface area contributed by atoms with Crippen LogP contribution in [0.1, 0.15) is 37.7 Å². The first kappa shape index (κ1) is 14.0. The highest BCUT2D eigenvalue weighted by Gasteiger charge is 2.25. The number of hydrogen-bond acceptors (Lipinski definition) is 3. The van der Waals surface area contributed by atoms with Crippen molar-refractivity contribution in [2.75, 3.05) is 5.32 Å². The van der Waals surface area contributed by atoms with E-state index in [1.807, 2.05) is 24.3 Å². The summed E-state index contributed by atoms with van der Waals surface area (Å²) in [4.78, 5) is 11.9. The van der Waals surface area contributed by atoms with Crippen LogP contribution in [0.15, 0.2) is 29.4 Å². The van der Waals surface area contributed by atoms with E-state index in [0.717, 1.165) is 24.1 Å². The van der Waals surface area contributed by atoms with Gasteiger partial charge < -0.3 is 10.6 Å². The first-order valence-electron chi connectivity index (χ1n) is 7.29. The molecular weight excluding hydrogens is 284 g/mol. The Labute approximate surface area is 129 Å². The zero-order valence-electron chi connectivity index (χ0n) is 11.7. The summed E-state index contributed by atoms with van der Waals surface area (Å²) in [6.45, 7) is 0. The minimum absolute atomic E-state index is 0.204. The molecule has 110 valence electrons. The van der Waals surface area contributed by atoms with Crippen LogP contribution < -0.4 is 16.1 Å². The van der Waals surface area contributed by atoms with Crippen molar-refractivity contribution in [3.05, 3.63) is 29.8 Å². The summed E-state index contributed by atoms with van der Waals surface area (Å²) < 4.78 is 0. The zero-order valence-corrected chi connectivity index (χ0v) is 12.5. The average molecular weight is 302 g/mol. The number of carbonyl (C=O) groups is 1. The standard InChI is InChI=1S/C15H18N4OS/c20-14-13(11-8-4-5-9-12(11)17-14)18-19-15(21)16-10-6-2-1-3-7-10/h4-5,8-10H,1-3,6-7H2,(H2,16,19,21)(H,17,18,20). The van der Waals surface area contributed by atoms with Crippen molar-refractivity contribution in [1.29, 1.82) is 0 Å². The normalized spacial score (nSPS) is 20.0. The SMILES string of the molecule is O=C1Nc2ccccc2/C1=N/NC(=S)NC1CCCCC1. The molecule has 0 bridgehead atoms. The minimum Gasteiger partial charge on any atom is -0.359 e. The Bertz CT molecular complexity index is 593. The molecule has 1 aliphatic carbocycles. The fourth-order valence-electron chi connectivity index (χ4n) is 2.78. The molecule has 5 nitrogen and oxygen atoms in total. The Balaban J connectivity index is 1.63. The Morgan fingerprint density at radius 3 is 2.81 bits per heavy atom. The molecule has 0 aromatic heterocycles. The lowest BCUT2D eigenvalue weighted by Gasteiger charge is -2.23. The van der Waals surface area contributed by atoms with E-state index in [-0.39, 0.29) is 5.91 Å². The molecule has 1 saturated carbocycles. The van der Waals surface area contributed by atoms with E-state index < -0.39 is 0 Å². The molecule has 0 saturated heterocycles. The molecule has 1 aromatic carbocycles. The van der Waals surface area contributed by atoms with Gasteiger partial charge >= 0.3 is 0 Å². The highest BCUT2D eigenvalue weighted by atomic mass is 32.1. The largest absolute Gasteiger partial charge is 0.359 e. The molecule has 1 amide bonds. The molecule has 0 spiro atoms. The Kier molecular flexibility index (Phi) is 4.15. The van der Waals surface area contributed by atoms with Gasteiger partial charge in [0, 0.05) is 11.6 Å². The van der Waals surface area contributed by atoms with E-state index in [9.17, 15) is 4.79 Å². The smallest absolute Gasteiger partial charge is 0.276 e. The van der Waals surface area contributed by atoms with Crippen molar-refractivity contribution in [1.82, 2.24) is 10.7 Å². The lowest BCUT2D eigenvalue weighted by atomic mass is 9.96. The molecule has 0 atom stereocenters. The zero-order chi connectivity index (χ0) is 14.7. The molecule has 1 aliphatic heterocycles. The second kappa shape index (κ2) is 6.22. The number of anilines is 1. The van der Waals surface area contributed by atoms with Gasteiger partial charge in [0.25, 0.3) is 5.91 Å². The fourth-order valence-corrected chi connectivity index (χ4v) is 3.00. The van der Waals surface area contributed by atoms with Gasteiger partial charge in [0.2, 0.25) is 0 Å². The van der Waals surface area contributed by atoms with Gasteiger partial charge in [-0.15, -0.1) is 0 Å². The van der Waals surface area contributed by atoms with Crippen LogP contribution in [0.2, 0.25) is 0 Å². The predicted octanol–water partition coefficient (Wildman–Crippen LogP) is 2.14. The number of hydrogen-bond donors (Lipinski definition) is 3. The van der Waals surface area contributed by atoms with Crippen LogP contribution >= 0.6 is 12.2 Å². The van der Waals surface area contributed by atoms with E-state index in [2.05, 4.69) is 21.2 Å². The number of hydrazone groups is 1. The van der Waals surface area contributed by atoms with E-state index in [4.69, 9.17) is 12.2 Å². The van der Waals surface area contributed by atoms with E-state index >= 15 is 0 Å². The third-order valence-corrected chi connectivity index (χ3v) is 4.06. The Morgan fingerprint density at radius 2 is 2.00 bits per heavy atom. The molecule has 0 unspecified atom stereocenters. The summed E-state index contributed by atoms with van der Waals surface area (Å²) in [5.74, 6) is -0.204. The van der Waals surface area contributed by atoms with Crippen LogP contribution in [0, 0.1) is 0 Å². The molecule has 3 rings (SSSR count). The molecule has 0 radical (unpaired) electrons. The minimum atomic E-state index is -0.204. The monoisotopic (exact) mass is 302 g/mol. The highest BCUT2D eigenvalue weighted by molar-refractivity contribution is 7.80. The molecule has 1 heterocycles. The van der Waals surface area contributed by atoms with Crippen molar-refractivity contribution in [2.24, 2.45) is 5.10 Å². The number of carbonyl (C=O) groups excluding carboxylic acids is 1. The number of thiocarbonyl (C=S) groups is 1. The van der Waals surface area contributed by atoms with E-state index in [1.54, 1.807) is 0 Å². The van der Waals surface area contributed by atoms with Crippen molar-refractivity contribution in [3.63, 3.8) is 0 Å². The second-order valence-corrected chi connectivity index (χ2v) is 5.79. The molecule has 1 fully saturated rings. The molecule has 1 aromatic rings. The van der Waals surface area contributed by atoms with Gasteiger partial charge in [0.1, 0.15) is 0 Å². The maximum Gasteiger partial charge on any atom is 0.276 e. The maximum absolute atomic E-state index is 11.9. The van der Waals surface area contributed by atoms with Crippen molar-refractivity contribution < 1.29 is 4.79 Å². The summed E-state index contributed by atoms with van der Waals surface area (Å²) in [5.41, 5.74) is 4.75. The summed E-state index contributed by atoms with van der Waals surface area (Å²) in [7, 11) is 0. The molecule has 3 N–H and O–H groups in total. The summed E-state index contributed by atoms with van der Waals surface area (Å²) >= 11 is 5.25. The van der Waals surface area contributed by atoms with Gasteiger partial charge in [0.15, 0.2) is 10.8 Å². The summed E-state index contributed by atoms with van der Waals surface area (Å²) in [5, 5.41) is 10.7. The first-order chi connectivity index (χ1) is 10.2. The number of para-hydroxylation sites is 1. The summed E-state index contributed by atoms with van der Waals surface area (Å²) in [6.07, 6.45) is 6.07. The van der Waals surface area contributed by atoms with Crippen molar-refractivity contribution >= 4 is 34.6 Å². The van der Waals surface area contributed by atoms with Crippen LogP contribution in [0.4, 0.5) is 5.69 Å². The number of rotatable bonds is 2. The van der Waals surface area contributed by atoms with Gasteiger partial charge in [-0.1, -0.05) is 37.5 Å². The van der Waals surface area contributed by atoms with Crippen molar-refractivity contribution in [2.45, 2.75) is 38.1 Å². The van der Waals surface area contributed by atoms with Crippen LogP contribution in [0.3, 0.4) is 0 Å². The van der Waals surface area contributed by atoms with E-state index in [0.29, 0.717) is 16.9 Å². The van der Waals surface area contributed by atoms with Gasteiger partial charge in [-0.2, -0.15) is 5.10 Å². The topological polar surface area (TPSA) is 65.5 Å².